The maximum atomic E-state index is 12.0. The molecule has 0 spiro atoms. The Morgan fingerprint density at radius 3 is 2.85 bits per heavy atom. The Morgan fingerprint density at radius 1 is 1.37 bits per heavy atom. The van der Waals surface area contributed by atoms with Gasteiger partial charge in [0.25, 0.3) is 5.91 Å². The lowest BCUT2D eigenvalue weighted by Crippen LogP contribution is -2.46. The van der Waals surface area contributed by atoms with E-state index in [1.54, 1.807) is 0 Å². The van der Waals surface area contributed by atoms with E-state index in [1.807, 2.05) is 36.6 Å². The number of ether oxygens (including phenoxy) is 1. The van der Waals surface area contributed by atoms with Crippen LogP contribution in [0.4, 0.5) is 0 Å². The molecule has 1 amide bonds. The van der Waals surface area contributed by atoms with Crippen LogP contribution in [0.15, 0.2) is 29.6 Å². The van der Waals surface area contributed by atoms with Crippen molar-refractivity contribution >= 4 is 23.2 Å². The maximum absolute atomic E-state index is 12.0. The Bertz CT molecular complexity index is 879. The average Bonchev–Trinajstić information content (AvgIpc) is 3.30. The van der Waals surface area contributed by atoms with Gasteiger partial charge in [-0.2, -0.15) is 5.26 Å². The minimum atomic E-state index is -0.804. The largest absolute Gasteiger partial charge is 0.455 e. The van der Waals surface area contributed by atoms with Crippen molar-refractivity contribution in [2.75, 3.05) is 6.61 Å². The van der Waals surface area contributed by atoms with Crippen molar-refractivity contribution in [1.82, 2.24) is 10.3 Å². The highest BCUT2D eigenvalue weighted by molar-refractivity contribution is 7.13. The first-order chi connectivity index (χ1) is 13.0. The zero-order valence-electron chi connectivity index (χ0n) is 15.2. The first kappa shape index (κ1) is 19.1. The lowest BCUT2D eigenvalue weighted by atomic mass is 10.00. The van der Waals surface area contributed by atoms with Gasteiger partial charge in [0, 0.05) is 10.9 Å². The van der Waals surface area contributed by atoms with E-state index in [0.717, 1.165) is 29.0 Å². The highest BCUT2D eigenvalue weighted by atomic mass is 32.1. The number of aryl methyl sites for hydroxylation is 1. The summed E-state index contributed by atoms with van der Waals surface area (Å²) in [6.45, 7) is 1.64. The van der Waals surface area contributed by atoms with E-state index in [0.29, 0.717) is 18.5 Å². The van der Waals surface area contributed by atoms with E-state index in [9.17, 15) is 14.9 Å². The second kappa shape index (κ2) is 8.31. The third-order valence-corrected chi connectivity index (χ3v) is 5.50. The Balaban J connectivity index is 1.50. The number of esters is 1. The topological polar surface area (TPSA) is 92.1 Å². The van der Waals surface area contributed by atoms with Gasteiger partial charge in [0.2, 0.25) is 0 Å². The summed E-state index contributed by atoms with van der Waals surface area (Å²) < 4.78 is 5.05. The molecule has 3 rings (SSSR count). The molecule has 1 saturated carbocycles. The third kappa shape index (κ3) is 4.92. The molecule has 0 bridgehead atoms. The number of nitriles is 1. The number of benzene rings is 1. The lowest BCUT2D eigenvalue weighted by Gasteiger charge is -2.21. The Hall–Kier alpha value is -2.72. The number of hydrogen-bond acceptors (Lipinski definition) is 6. The molecule has 1 aromatic carbocycles. The molecular formula is C20H21N3O3S. The lowest BCUT2D eigenvalue weighted by molar-refractivity contribution is -0.148. The maximum Gasteiger partial charge on any atom is 0.312 e. The Labute approximate surface area is 162 Å². The van der Waals surface area contributed by atoms with Crippen LogP contribution in [0.5, 0.6) is 0 Å². The summed E-state index contributed by atoms with van der Waals surface area (Å²) in [5.41, 5.74) is 1.97. The summed E-state index contributed by atoms with van der Waals surface area (Å²) in [6.07, 6.45) is 3.13. The van der Waals surface area contributed by atoms with Crippen LogP contribution in [0.1, 0.15) is 36.9 Å². The normalized spacial score (nSPS) is 15.1. The fourth-order valence-corrected chi connectivity index (χ4v) is 4.01. The Kier molecular flexibility index (Phi) is 5.87. The Morgan fingerprint density at radius 2 is 2.15 bits per heavy atom. The van der Waals surface area contributed by atoms with Crippen molar-refractivity contribution in [3.8, 4) is 16.6 Å². The summed E-state index contributed by atoms with van der Waals surface area (Å²) in [7, 11) is 0. The molecule has 6 nitrogen and oxygen atoms in total. The van der Waals surface area contributed by atoms with Gasteiger partial charge in [-0.3, -0.25) is 9.59 Å². The molecule has 1 fully saturated rings. The minimum absolute atomic E-state index is 0.0129. The van der Waals surface area contributed by atoms with Crippen LogP contribution in [0, 0.1) is 18.3 Å². The SMILES string of the molecule is Cc1cccc(-c2nc(CC(=O)OCC(=O)NC3(C#N)CCCC3)cs2)c1. The fourth-order valence-electron chi connectivity index (χ4n) is 3.19. The van der Waals surface area contributed by atoms with Crippen molar-refractivity contribution in [3.05, 3.63) is 40.9 Å². The number of rotatable bonds is 6. The molecule has 140 valence electrons. The number of aromatic nitrogens is 1. The number of carbonyl (C=O) groups is 2. The average molecular weight is 383 g/mol. The minimum Gasteiger partial charge on any atom is -0.455 e. The molecule has 27 heavy (non-hydrogen) atoms. The smallest absolute Gasteiger partial charge is 0.312 e. The zero-order valence-corrected chi connectivity index (χ0v) is 16.0. The molecular weight excluding hydrogens is 362 g/mol. The first-order valence-corrected chi connectivity index (χ1v) is 9.77. The number of hydrogen-bond donors (Lipinski definition) is 1. The summed E-state index contributed by atoms with van der Waals surface area (Å²) >= 11 is 1.47. The van der Waals surface area contributed by atoms with Gasteiger partial charge < -0.3 is 10.1 Å². The van der Waals surface area contributed by atoms with Gasteiger partial charge in [-0.15, -0.1) is 11.3 Å². The van der Waals surface area contributed by atoms with Crippen molar-refractivity contribution < 1.29 is 14.3 Å². The first-order valence-electron chi connectivity index (χ1n) is 8.89. The van der Waals surface area contributed by atoms with Crippen LogP contribution in [0.2, 0.25) is 0 Å². The van der Waals surface area contributed by atoms with Gasteiger partial charge in [-0.25, -0.2) is 4.98 Å². The predicted octanol–water partition coefficient (Wildman–Crippen LogP) is 3.16. The van der Waals surface area contributed by atoms with E-state index in [2.05, 4.69) is 16.4 Å². The van der Waals surface area contributed by atoms with Crippen molar-refractivity contribution in [2.45, 2.75) is 44.6 Å². The van der Waals surface area contributed by atoms with Gasteiger partial charge in [-0.05, 0) is 38.7 Å². The molecule has 0 unspecified atom stereocenters. The van der Waals surface area contributed by atoms with E-state index < -0.39 is 17.4 Å². The van der Waals surface area contributed by atoms with E-state index in [4.69, 9.17) is 4.74 Å². The zero-order chi connectivity index (χ0) is 19.3. The van der Waals surface area contributed by atoms with Crippen LogP contribution in [0.3, 0.4) is 0 Å². The molecule has 1 aromatic heterocycles. The highest BCUT2D eigenvalue weighted by Crippen LogP contribution is 2.28. The van der Waals surface area contributed by atoms with E-state index >= 15 is 0 Å². The van der Waals surface area contributed by atoms with Gasteiger partial charge in [0.1, 0.15) is 10.5 Å². The highest BCUT2D eigenvalue weighted by Gasteiger charge is 2.35. The second-order valence-electron chi connectivity index (χ2n) is 6.80. The van der Waals surface area contributed by atoms with Gasteiger partial charge in [0.05, 0.1) is 18.2 Å². The molecule has 0 atom stereocenters. The molecule has 1 N–H and O–H groups in total. The predicted molar refractivity (Wildman–Crippen MR) is 102 cm³/mol. The fraction of sp³-hybridized carbons (Fsp3) is 0.400. The molecule has 0 radical (unpaired) electrons. The van der Waals surface area contributed by atoms with Crippen molar-refractivity contribution in [3.63, 3.8) is 0 Å². The monoisotopic (exact) mass is 383 g/mol. The number of nitrogens with one attached hydrogen (secondary N) is 1. The summed E-state index contributed by atoms with van der Waals surface area (Å²) in [6, 6.07) is 10.2. The van der Waals surface area contributed by atoms with Crippen LogP contribution < -0.4 is 5.32 Å². The second-order valence-corrected chi connectivity index (χ2v) is 7.66. The third-order valence-electron chi connectivity index (χ3n) is 4.56. The standard InChI is InChI=1S/C20H21N3O3S/c1-14-5-4-6-15(9-14)19-22-16(12-27-19)10-18(25)26-11-17(24)23-20(13-21)7-2-3-8-20/h4-6,9,12H,2-3,7-8,10-11H2,1H3,(H,23,24). The van der Waals surface area contributed by atoms with Crippen molar-refractivity contribution in [1.29, 1.82) is 5.26 Å². The van der Waals surface area contributed by atoms with E-state index in [1.165, 1.54) is 11.3 Å². The number of carbonyl (C=O) groups excluding carboxylic acids is 2. The number of thiazole rings is 1. The molecule has 0 aliphatic heterocycles. The molecule has 7 heteroatoms. The van der Waals surface area contributed by atoms with Gasteiger partial charge in [-0.1, -0.05) is 23.8 Å². The van der Waals surface area contributed by atoms with Crippen LogP contribution in [-0.4, -0.2) is 29.0 Å². The molecule has 1 aliphatic carbocycles. The number of amides is 1. The molecule has 2 aromatic rings. The summed E-state index contributed by atoms with van der Waals surface area (Å²) in [4.78, 5) is 28.5. The van der Waals surface area contributed by atoms with Crippen LogP contribution in [-0.2, 0) is 20.7 Å². The molecule has 1 aliphatic rings. The molecule has 1 heterocycles. The van der Waals surface area contributed by atoms with Crippen molar-refractivity contribution in [2.24, 2.45) is 0 Å². The van der Waals surface area contributed by atoms with Gasteiger partial charge >= 0.3 is 5.97 Å². The van der Waals surface area contributed by atoms with Gasteiger partial charge in [0.15, 0.2) is 6.61 Å². The van der Waals surface area contributed by atoms with Crippen LogP contribution in [0.25, 0.3) is 10.6 Å². The number of nitrogens with zero attached hydrogens (tertiary/aromatic N) is 2. The molecule has 0 saturated heterocycles. The summed E-state index contributed by atoms with van der Waals surface area (Å²) in [5.74, 6) is -0.950. The quantitative estimate of drug-likeness (QED) is 0.774. The van der Waals surface area contributed by atoms with Crippen LogP contribution >= 0.6 is 11.3 Å². The summed E-state index contributed by atoms with van der Waals surface area (Å²) in [5, 5.41) is 14.6. The van der Waals surface area contributed by atoms with E-state index in [-0.39, 0.29) is 13.0 Å².